The maximum atomic E-state index is 12.1. The van der Waals surface area contributed by atoms with Crippen LogP contribution in [0.3, 0.4) is 0 Å². The quantitative estimate of drug-likeness (QED) is 0.847. The van der Waals surface area contributed by atoms with Crippen LogP contribution in [-0.4, -0.2) is 41.6 Å². The lowest BCUT2D eigenvalue weighted by Crippen LogP contribution is -2.47. The summed E-state index contributed by atoms with van der Waals surface area (Å²) >= 11 is 0. The molecule has 5 nitrogen and oxygen atoms in total. The molecule has 2 amide bonds. The zero-order valence-electron chi connectivity index (χ0n) is 13.6. The van der Waals surface area contributed by atoms with Crippen LogP contribution in [0.5, 0.6) is 0 Å². The molecule has 116 valence electrons. The summed E-state index contributed by atoms with van der Waals surface area (Å²) in [6, 6.07) is 0.0381. The second-order valence-corrected chi connectivity index (χ2v) is 7.43. The predicted octanol–water partition coefficient (Wildman–Crippen LogP) is 2.55. The molecule has 1 saturated heterocycles. The van der Waals surface area contributed by atoms with Crippen LogP contribution >= 0.6 is 0 Å². The van der Waals surface area contributed by atoms with Crippen LogP contribution in [0.4, 0.5) is 4.79 Å². The van der Waals surface area contributed by atoms with Gasteiger partial charge in [0, 0.05) is 18.5 Å². The minimum atomic E-state index is -0.487. The van der Waals surface area contributed by atoms with Crippen LogP contribution in [0.15, 0.2) is 0 Å². The highest BCUT2D eigenvalue weighted by Crippen LogP contribution is 2.21. The van der Waals surface area contributed by atoms with Gasteiger partial charge in [-0.3, -0.25) is 4.79 Å². The lowest BCUT2D eigenvalue weighted by Gasteiger charge is -2.29. The highest BCUT2D eigenvalue weighted by molar-refractivity contribution is 5.81. The Hall–Kier alpha value is -1.26. The van der Waals surface area contributed by atoms with Crippen molar-refractivity contribution >= 4 is 12.0 Å². The van der Waals surface area contributed by atoms with E-state index in [0.717, 1.165) is 12.8 Å². The number of hydrogen-bond donors (Lipinski definition) is 1. The number of carbonyl (C=O) groups is 2. The molecular weight excluding hydrogens is 256 g/mol. The van der Waals surface area contributed by atoms with E-state index in [1.165, 1.54) is 0 Å². The molecule has 0 saturated carbocycles. The summed E-state index contributed by atoms with van der Waals surface area (Å²) in [5.74, 6) is 0.00791. The van der Waals surface area contributed by atoms with Crippen molar-refractivity contribution in [3.05, 3.63) is 0 Å². The van der Waals surface area contributed by atoms with Crippen LogP contribution in [0, 0.1) is 5.41 Å². The number of nitrogens with one attached hydrogen (secondary N) is 1. The highest BCUT2D eigenvalue weighted by Gasteiger charge is 2.33. The fourth-order valence-electron chi connectivity index (χ4n) is 2.08. The van der Waals surface area contributed by atoms with Crippen molar-refractivity contribution in [3.8, 4) is 0 Å². The van der Waals surface area contributed by atoms with Crippen molar-refractivity contribution in [2.24, 2.45) is 5.41 Å². The van der Waals surface area contributed by atoms with Gasteiger partial charge < -0.3 is 15.0 Å². The van der Waals surface area contributed by atoms with Crippen molar-refractivity contribution in [3.63, 3.8) is 0 Å². The molecule has 0 bridgehead atoms. The minimum Gasteiger partial charge on any atom is -0.444 e. The molecule has 1 heterocycles. The molecule has 0 aromatic carbocycles. The molecule has 5 heteroatoms. The predicted molar refractivity (Wildman–Crippen MR) is 78.4 cm³/mol. The molecule has 1 atom stereocenters. The summed E-state index contributed by atoms with van der Waals surface area (Å²) in [6.45, 7) is 12.4. The third-order valence-corrected chi connectivity index (χ3v) is 3.18. The molecular formula is C15H28N2O3. The summed E-state index contributed by atoms with van der Waals surface area (Å²) in [5.41, 5.74) is -0.895. The van der Waals surface area contributed by atoms with E-state index < -0.39 is 11.0 Å². The van der Waals surface area contributed by atoms with Gasteiger partial charge in [-0.1, -0.05) is 20.8 Å². The number of likely N-dealkylation sites (tertiary alicyclic amines) is 1. The topological polar surface area (TPSA) is 58.6 Å². The third-order valence-electron chi connectivity index (χ3n) is 3.18. The molecule has 0 aromatic rings. The number of nitrogens with zero attached hydrogens (tertiary/aromatic N) is 1. The zero-order chi connectivity index (χ0) is 15.6. The van der Waals surface area contributed by atoms with Crippen molar-refractivity contribution < 1.29 is 14.3 Å². The lowest BCUT2D eigenvalue weighted by molar-refractivity contribution is -0.128. The van der Waals surface area contributed by atoms with Gasteiger partial charge in [0.2, 0.25) is 5.91 Å². The first-order chi connectivity index (χ1) is 9.00. The standard InChI is InChI=1S/C15H28N2O3/c1-14(2,3)12(18)16-10-11-8-7-9-17(11)13(19)20-15(4,5)6/h11H,7-10H2,1-6H3,(H,16,18)/t11-/m0/s1. The third kappa shape index (κ3) is 5.02. The second kappa shape index (κ2) is 6.02. The Bertz CT molecular complexity index is 366. The lowest BCUT2D eigenvalue weighted by atomic mass is 9.95. The van der Waals surface area contributed by atoms with Gasteiger partial charge in [0.15, 0.2) is 0 Å². The summed E-state index contributed by atoms with van der Waals surface area (Å²) in [4.78, 5) is 25.7. The van der Waals surface area contributed by atoms with E-state index in [4.69, 9.17) is 4.74 Å². The van der Waals surface area contributed by atoms with E-state index in [1.807, 2.05) is 41.5 Å². The van der Waals surface area contributed by atoms with E-state index in [0.29, 0.717) is 13.1 Å². The summed E-state index contributed by atoms with van der Waals surface area (Å²) in [7, 11) is 0. The number of hydrogen-bond acceptors (Lipinski definition) is 3. The molecule has 0 spiro atoms. The van der Waals surface area contributed by atoms with Crippen molar-refractivity contribution in [2.45, 2.75) is 66.0 Å². The Morgan fingerprint density at radius 2 is 1.80 bits per heavy atom. The summed E-state index contributed by atoms with van der Waals surface area (Å²) in [5, 5.41) is 2.92. The summed E-state index contributed by atoms with van der Waals surface area (Å²) < 4.78 is 5.40. The van der Waals surface area contributed by atoms with E-state index in [-0.39, 0.29) is 18.0 Å². The molecule has 0 aromatic heterocycles. The Kier molecular flexibility index (Phi) is 5.05. The Morgan fingerprint density at radius 1 is 1.20 bits per heavy atom. The normalized spacial score (nSPS) is 19.9. The SMILES string of the molecule is CC(C)(C)OC(=O)N1CCC[C@H]1CNC(=O)C(C)(C)C. The molecule has 1 N–H and O–H groups in total. The Labute approximate surface area is 122 Å². The van der Waals surface area contributed by atoms with Gasteiger partial charge >= 0.3 is 6.09 Å². The first kappa shape index (κ1) is 16.8. The maximum absolute atomic E-state index is 12.1. The van der Waals surface area contributed by atoms with Crippen LogP contribution in [-0.2, 0) is 9.53 Å². The fourth-order valence-corrected chi connectivity index (χ4v) is 2.08. The molecule has 20 heavy (non-hydrogen) atoms. The summed E-state index contributed by atoms with van der Waals surface area (Å²) in [6.07, 6.45) is 1.57. The van der Waals surface area contributed by atoms with Crippen LogP contribution in [0.1, 0.15) is 54.4 Å². The molecule has 0 unspecified atom stereocenters. The smallest absolute Gasteiger partial charge is 0.410 e. The van der Waals surface area contributed by atoms with Crippen molar-refractivity contribution in [2.75, 3.05) is 13.1 Å². The van der Waals surface area contributed by atoms with Crippen LogP contribution in [0.2, 0.25) is 0 Å². The molecule has 0 radical (unpaired) electrons. The van der Waals surface area contributed by atoms with Crippen molar-refractivity contribution in [1.29, 1.82) is 0 Å². The molecule has 1 fully saturated rings. The number of carbonyl (C=O) groups excluding carboxylic acids is 2. The minimum absolute atomic E-state index is 0.00791. The molecule has 0 aliphatic carbocycles. The van der Waals surface area contributed by atoms with Gasteiger partial charge in [-0.2, -0.15) is 0 Å². The van der Waals surface area contributed by atoms with Gasteiger partial charge in [0.05, 0.1) is 6.04 Å². The first-order valence-electron chi connectivity index (χ1n) is 7.28. The fraction of sp³-hybridized carbons (Fsp3) is 0.867. The van der Waals surface area contributed by atoms with Gasteiger partial charge in [-0.05, 0) is 33.6 Å². The average Bonchev–Trinajstić information content (AvgIpc) is 2.70. The maximum Gasteiger partial charge on any atom is 0.410 e. The number of rotatable bonds is 2. The first-order valence-corrected chi connectivity index (χ1v) is 7.28. The number of amides is 2. The largest absolute Gasteiger partial charge is 0.444 e. The Morgan fingerprint density at radius 3 is 2.30 bits per heavy atom. The van der Waals surface area contributed by atoms with Gasteiger partial charge in [0.1, 0.15) is 5.60 Å². The zero-order valence-corrected chi connectivity index (χ0v) is 13.6. The van der Waals surface area contributed by atoms with Crippen molar-refractivity contribution in [1.82, 2.24) is 10.2 Å². The van der Waals surface area contributed by atoms with Gasteiger partial charge in [-0.25, -0.2) is 4.79 Å². The second-order valence-electron chi connectivity index (χ2n) is 7.43. The molecule has 1 rings (SSSR count). The number of ether oxygens (including phenoxy) is 1. The van der Waals surface area contributed by atoms with Crippen LogP contribution in [0.25, 0.3) is 0 Å². The monoisotopic (exact) mass is 284 g/mol. The van der Waals surface area contributed by atoms with Gasteiger partial charge in [-0.15, -0.1) is 0 Å². The van der Waals surface area contributed by atoms with E-state index in [9.17, 15) is 9.59 Å². The average molecular weight is 284 g/mol. The molecule has 1 aliphatic heterocycles. The molecule has 1 aliphatic rings. The van der Waals surface area contributed by atoms with Gasteiger partial charge in [0.25, 0.3) is 0 Å². The van der Waals surface area contributed by atoms with E-state index >= 15 is 0 Å². The van der Waals surface area contributed by atoms with E-state index in [1.54, 1.807) is 4.90 Å². The highest BCUT2D eigenvalue weighted by atomic mass is 16.6. The Balaban J connectivity index is 2.54. The van der Waals surface area contributed by atoms with Crippen LogP contribution < -0.4 is 5.32 Å². The van der Waals surface area contributed by atoms with E-state index in [2.05, 4.69) is 5.32 Å².